The Bertz CT molecular complexity index is 687. The van der Waals surface area contributed by atoms with E-state index >= 15 is 0 Å². The standard InChI is InChI=1S/C21H26N2O2/c1-22-12-7-13-23(15-14-22)21(24)17-25-20-11-6-5-10-19(20)16-18-8-3-2-4-9-18/h2-6,8-11H,7,12-17H2,1H3. The lowest BCUT2D eigenvalue weighted by Gasteiger charge is -2.21. The van der Waals surface area contributed by atoms with E-state index in [-0.39, 0.29) is 12.5 Å². The number of ether oxygens (including phenoxy) is 1. The second kappa shape index (κ2) is 8.67. The van der Waals surface area contributed by atoms with Gasteiger partial charge < -0.3 is 14.5 Å². The molecule has 1 heterocycles. The molecule has 0 unspecified atom stereocenters. The molecule has 4 heteroatoms. The van der Waals surface area contributed by atoms with Crippen molar-refractivity contribution in [3.8, 4) is 5.75 Å². The van der Waals surface area contributed by atoms with Crippen LogP contribution in [-0.2, 0) is 11.2 Å². The van der Waals surface area contributed by atoms with Crippen LogP contribution in [0.25, 0.3) is 0 Å². The summed E-state index contributed by atoms with van der Waals surface area (Å²) in [4.78, 5) is 16.7. The lowest BCUT2D eigenvalue weighted by Crippen LogP contribution is -2.37. The predicted molar refractivity (Wildman–Crippen MR) is 99.9 cm³/mol. The number of carbonyl (C=O) groups is 1. The minimum atomic E-state index is 0.0739. The molecule has 0 atom stereocenters. The van der Waals surface area contributed by atoms with E-state index in [2.05, 4.69) is 30.1 Å². The molecule has 2 aromatic rings. The number of hydrogen-bond donors (Lipinski definition) is 0. The third kappa shape index (κ3) is 5.07. The Hall–Kier alpha value is -2.33. The number of amides is 1. The first kappa shape index (κ1) is 17.5. The SMILES string of the molecule is CN1CCCN(C(=O)COc2ccccc2Cc2ccccc2)CC1. The predicted octanol–water partition coefficient (Wildman–Crippen LogP) is 2.82. The Morgan fingerprint density at radius 3 is 2.56 bits per heavy atom. The van der Waals surface area contributed by atoms with Gasteiger partial charge in [0, 0.05) is 26.1 Å². The van der Waals surface area contributed by atoms with Crippen molar-refractivity contribution in [2.75, 3.05) is 39.8 Å². The minimum absolute atomic E-state index is 0.0739. The summed E-state index contributed by atoms with van der Waals surface area (Å²) in [6.07, 6.45) is 1.83. The number of para-hydroxylation sites is 1. The molecule has 0 aromatic heterocycles. The summed E-state index contributed by atoms with van der Waals surface area (Å²) in [6.45, 7) is 3.68. The smallest absolute Gasteiger partial charge is 0.260 e. The van der Waals surface area contributed by atoms with E-state index < -0.39 is 0 Å². The zero-order valence-corrected chi connectivity index (χ0v) is 14.9. The fraction of sp³-hybridized carbons (Fsp3) is 0.381. The minimum Gasteiger partial charge on any atom is -0.483 e. The first-order chi connectivity index (χ1) is 12.2. The molecule has 132 valence electrons. The molecule has 0 saturated carbocycles. The zero-order valence-electron chi connectivity index (χ0n) is 14.9. The van der Waals surface area contributed by atoms with Crippen LogP contribution in [0.5, 0.6) is 5.75 Å². The van der Waals surface area contributed by atoms with Crippen molar-refractivity contribution in [3.63, 3.8) is 0 Å². The van der Waals surface area contributed by atoms with Gasteiger partial charge in [-0.25, -0.2) is 0 Å². The molecule has 0 N–H and O–H groups in total. The van der Waals surface area contributed by atoms with Gasteiger partial charge in [0.2, 0.25) is 0 Å². The Balaban J connectivity index is 1.60. The number of carbonyl (C=O) groups excluding carboxylic acids is 1. The van der Waals surface area contributed by atoms with Crippen LogP contribution >= 0.6 is 0 Å². The van der Waals surface area contributed by atoms with Crippen molar-refractivity contribution < 1.29 is 9.53 Å². The molecule has 1 aliphatic heterocycles. The maximum atomic E-state index is 12.5. The molecule has 1 fully saturated rings. The summed E-state index contributed by atoms with van der Waals surface area (Å²) in [5, 5.41) is 0. The average molecular weight is 338 g/mol. The maximum absolute atomic E-state index is 12.5. The normalized spacial score (nSPS) is 15.6. The molecule has 0 radical (unpaired) electrons. The summed E-state index contributed by atoms with van der Waals surface area (Å²) < 4.78 is 5.89. The Kier molecular flexibility index (Phi) is 6.07. The molecule has 3 rings (SSSR count). The van der Waals surface area contributed by atoms with Crippen LogP contribution in [-0.4, -0.2) is 55.5 Å². The lowest BCUT2D eigenvalue weighted by molar-refractivity contribution is -0.133. The second-order valence-corrected chi connectivity index (χ2v) is 6.60. The Morgan fingerprint density at radius 2 is 1.72 bits per heavy atom. The van der Waals surface area contributed by atoms with Gasteiger partial charge in [-0.05, 0) is 37.2 Å². The molecular formula is C21H26N2O2. The molecule has 4 nitrogen and oxygen atoms in total. The van der Waals surface area contributed by atoms with Crippen LogP contribution in [0.15, 0.2) is 54.6 Å². The summed E-state index contributed by atoms with van der Waals surface area (Å²) in [5.41, 5.74) is 2.34. The van der Waals surface area contributed by atoms with Crippen LogP contribution in [0, 0.1) is 0 Å². The highest BCUT2D eigenvalue weighted by Crippen LogP contribution is 2.21. The topological polar surface area (TPSA) is 32.8 Å². The first-order valence-corrected chi connectivity index (χ1v) is 8.93. The van der Waals surface area contributed by atoms with E-state index in [4.69, 9.17) is 4.74 Å². The fourth-order valence-electron chi connectivity index (χ4n) is 3.13. The largest absolute Gasteiger partial charge is 0.483 e. The molecule has 25 heavy (non-hydrogen) atoms. The molecule has 0 bridgehead atoms. The van der Waals surface area contributed by atoms with Crippen LogP contribution in [0.4, 0.5) is 0 Å². The zero-order chi connectivity index (χ0) is 17.5. The molecule has 1 amide bonds. The van der Waals surface area contributed by atoms with Crippen molar-refractivity contribution in [2.45, 2.75) is 12.8 Å². The second-order valence-electron chi connectivity index (χ2n) is 6.60. The molecule has 0 spiro atoms. The van der Waals surface area contributed by atoms with Gasteiger partial charge in [-0.3, -0.25) is 4.79 Å². The maximum Gasteiger partial charge on any atom is 0.260 e. The van der Waals surface area contributed by atoms with Crippen molar-refractivity contribution in [1.82, 2.24) is 9.80 Å². The molecule has 2 aromatic carbocycles. The van der Waals surface area contributed by atoms with Crippen molar-refractivity contribution in [1.29, 1.82) is 0 Å². The van der Waals surface area contributed by atoms with E-state index in [1.54, 1.807) is 0 Å². The highest BCUT2D eigenvalue weighted by molar-refractivity contribution is 5.77. The number of nitrogens with zero attached hydrogens (tertiary/aromatic N) is 2. The lowest BCUT2D eigenvalue weighted by atomic mass is 10.0. The van der Waals surface area contributed by atoms with Crippen molar-refractivity contribution in [2.24, 2.45) is 0 Å². The molecule has 0 aliphatic carbocycles. The third-order valence-electron chi connectivity index (χ3n) is 4.63. The number of benzene rings is 2. The third-order valence-corrected chi connectivity index (χ3v) is 4.63. The van der Waals surface area contributed by atoms with Gasteiger partial charge in [-0.15, -0.1) is 0 Å². The average Bonchev–Trinajstić information content (AvgIpc) is 2.86. The number of hydrogen-bond acceptors (Lipinski definition) is 3. The van der Waals surface area contributed by atoms with Crippen LogP contribution in [0.1, 0.15) is 17.5 Å². The summed E-state index contributed by atoms with van der Waals surface area (Å²) in [6, 6.07) is 18.3. The van der Waals surface area contributed by atoms with Crippen LogP contribution in [0.2, 0.25) is 0 Å². The van der Waals surface area contributed by atoms with Gasteiger partial charge in [0.1, 0.15) is 5.75 Å². The van der Waals surface area contributed by atoms with Gasteiger partial charge in [0.25, 0.3) is 5.91 Å². The number of likely N-dealkylation sites (N-methyl/N-ethyl adjacent to an activating group) is 1. The first-order valence-electron chi connectivity index (χ1n) is 8.93. The van der Waals surface area contributed by atoms with Gasteiger partial charge in [-0.2, -0.15) is 0 Å². The molecule has 1 saturated heterocycles. The molecule has 1 aliphatic rings. The van der Waals surface area contributed by atoms with Gasteiger partial charge in [0.15, 0.2) is 6.61 Å². The summed E-state index contributed by atoms with van der Waals surface area (Å²) in [5.74, 6) is 0.872. The number of rotatable bonds is 5. The van der Waals surface area contributed by atoms with E-state index in [0.717, 1.165) is 50.3 Å². The van der Waals surface area contributed by atoms with Gasteiger partial charge >= 0.3 is 0 Å². The van der Waals surface area contributed by atoms with Gasteiger partial charge in [-0.1, -0.05) is 48.5 Å². The highest BCUT2D eigenvalue weighted by atomic mass is 16.5. The Morgan fingerprint density at radius 1 is 0.960 bits per heavy atom. The monoisotopic (exact) mass is 338 g/mol. The van der Waals surface area contributed by atoms with Crippen LogP contribution in [0.3, 0.4) is 0 Å². The van der Waals surface area contributed by atoms with Crippen molar-refractivity contribution in [3.05, 3.63) is 65.7 Å². The van der Waals surface area contributed by atoms with E-state index in [0.29, 0.717) is 0 Å². The van der Waals surface area contributed by atoms with Crippen LogP contribution < -0.4 is 4.74 Å². The highest BCUT2D eigenvalue weighted by Gasteiger charge is 2.18. The Labute approximate surface area is 150 Å². The molecular weight excluding hydrogens is 312 g/mol. The van der Waals surface area contributed by atoms with E-state index in [9.17, 15) is 4.79 Å². The van der Waals surface area contributed by atoms with E-state index in [1.807, 2.05) is 41.3 Å². The quantitative estimate of drug-likeness (QED) is 0.840. The van der Waals surface area contributed by atoms with Gasteiger partial charge in [0.05, 0.1) is 0 Å². The summed E-state index contributed by atoms with van der Waals surface area (Å²) in [7, 11) is 2.10. The fourth-order valence-corrected chi connectivity index (χ4v) is 3.13. The van der Waals surface area contributed by atoms with Crippen molar-refractivity contribution >= 4 is 5.91 Å². The summed E-state index contributed by atoms with van der Waals surface area (Å²) >= 11 is 0. The van der Waals surface area contributed by atoms with E-state index in [1.165, 1.54) is 5.56 Å².